The minimum atomic E-state index is -1.17. The highest BCUT2D eigenvalue weighted by Crippen LogP contribution is 2.26. The lowest BCUT2D eigenvalue weighted by atomic mass is 10.1. The monoisotopic (exact) mass is 350 g/mol. The third-order valence-electron chi connectivity index (χ3n) is 4.24. The van der Waals surface area contributed by atoms with E-state index in [2.05, 4.69) is 11.8 Å². The van der Waals surface area contributed by atoms with Gasteiger partial charge in [-0.1, -0.05) is 36.1 Å². The van der Waals surface area contributed by atoms with Crippen LogP contribution in [0.15, 0.2) is 48.5 Å². The minimum Gasteiger partial charge on any atom is -0.391 e. The van der Waals surface area contributed by atoms with Gasteiger partial charge in [0.25, 0.3) is 11.8 Å². The fourth-order valence-corrected chi connectivity index (χ4v) is 2.98. The Morgan fingerprint density at radius 1 is 1.15 bits per heavy atom. The van der Waals surface area contributed by atoms with Gasteiger partial charge in [0.15, 0.2) is 0 Å². The minimum absolute atomic E-state index is 0.184. The van der Waals surface area contributed by atoms with Crippen LogP contribution in [-0.2, 0) is 11.3 Å². The molecular formula is C20H18N2O4. The van der Waals surface area contributed by atoms with Crippen LogP contribution in [-0.4, -0.2) is 39.2 Å². The molecule has 3 N–H and O–H groups in total. The summed E-state index contributed by atoms with van der Waals surface area (Å²) in [6, 6.07) is 13.6. The number of nitrogens with zero attached hydrogens (tertiary/aromatic N) is 1. The topological polar surface area (TPSA) is 89.9 Å². The Balaban J connectivity index is 1.87. The first-order valence-corrected chi connectivity index (χ1v) is 8.14. The van der Waals surface area contributed by atoms with Gasteiger partial charge in [0.05, 0.1) is 6.10 Å². The molecular weight excluding hydrogens is 332 g/mol. The molecule has 0 aromatic heterocycles. The summed E-state index contributed by atoms with van der Waals surface area (Å²) in [4.78, 5) is 25.8. The van der Waals surface area contributed by atoms with Gasteiger partial charge in [-0.05, 0) is 36.8 Å². The van der Waals surface area contributed by atoms with Crippen molar-refractivity contribution in [2.24, 2.45) is 0 Å². The quantitative estimate of drug-likeness (QED) is 0.442. The summed E-state index contributed by atoms with van der Waals surface area (Å²) < 4.78 is 0. The average molecular weight is 350 g/mol. The SMILES string of the molecule is C[C@@H](O)[C@@H](C(=O)NO)N1Cc2ccc(C#Cc3ccccc3)cc2C1=O. The number of carbonyl (C=O) groups excluding carboxylic acids is 2. The standard InChI is InChI=1S/C20H18N2O4/c1-13(23)18(19(24)21-26)22-12-16-10-9-15(11-17(16)20(22)25)8-7-14-5-3-2-4-6-14/h2-6,9-11,13,18,23,26H,12H2,1H3,(H,21,24)/t13-,18+/m1/s1. The third kappa shape index (κ3) is 3.45. The lowest BCUT2D eigenvalue weighted by Gasteiger charge is -2.27. The number of carbonyl (C=O) groups is 2. The van der Waals surface area contributed by atoms with Crippen molar-refractivity contribution in [2.75, 3.05) is 0 Å². The van der Waals surface area contributed by atoms with Gasteiger partial charge in [-0.2, -0.15) is 0 Å². The van der Waals surface area contributed by atoms with E-state index in [1.54, 1.807) is 12.1 Å². The smallest absolute Gasteiger partial charge is 0.268 e. The zero-order valence-electron chi connectivity index (χ0n) is 14.1. The highest BCUT2D eigenvalue weighted by Gasteiger charge is 2.38. The van der Waals surface area contributed by atoms with E-state index in [0.717, 1.165) is 11.1 Å². The number of amides is 2. The highest BCUT2D eigenvalue weighted by molar-refractivity contribution is 6.01. The number of hydrogen-bond donors (Lipinski definition) is 3. The van der Waals surface area contributed by atoms with Crippen molar-refractivity contribution in [3.8, 4) is 11.8 Å². The van der Waals surface area contributed by atoms with Gasteiger partial charge < -0.3 is 10.0 Å². The third-order valence-corrected chi connectivity index (χ3v) is 4.24. The summed E-state index contributed by atoms with van der Waals surface area (Å²) in [7, 11) is 0. The molecule has 2 aromatic rings. The predicted octanol–water partition coefficient (Wildman–Crippen LogP) is 1.30. The Morgan fingerprint density at radius 3 is 2.50 bits per heavy atom. The molecule has 2 amide bonds. The molecule has 2 aromatic carbocycles. The Labute approximate surface area is 151 Å². The normalized spacial score (nSPS) is 14.9. The first-order chi connectivity index (χ1) is 12.5. The molecule has 2 atom stereocenters. The van der Waals surface area contributed by atoms with Crippen LogP contribution in [0.1, 0.15) is 34.0 Å². The Morgan fingerprint density at radius 2 is 1.85 bits per heavy atom. The second-order valence-electron chi connectivity index (χ2n) is 6.08. The van der Waals surface area contributed by atoms with Crippen LogP contribution in [0.5, 0.6) is 0 Å². The number of benzene rings is 2. The summed E-state index contributed by atoms with van der Waals surface area (Å²) in [5, 5.41) is 18.7. The second-order valence-corrected chi connectivity index (χ2v) is 6.08. The molecule has 0 saturated carbocycles. The van der Waals surface area contributed by atoms with Crippen molar-refractivity contribution in [3.63, 3.8) is 0 Å². The summed E-state index contributed by atoms with van der Waals surface area (Å²) in [5.41, 5.74) is 4.25. The lowest BCUT2D eigenvalue weighted by molar-refractivity contribution is -0.137. The van der Waals surface area contributed by atoms with Crippen molar-refractivity contribution in [2.45, 2.75) is 25.6 Å². The van der Waals surface area contributed by atoms with Crippen LogP contribution in [0.4, 0.5) is 0 Å². The molecule has 1 aliphatic heterocycles. The first kappa shape index (κ1) is 17.7. The van der Waals surface area contributed by atoms with E-state index in [1.807, 2.05) is 36.4 Å². The molecule has 0 spiro atoms. The van der Waals surface area contributed by atoms with E-state index in [-0.39, 0.29) is 12.5 Å². The molecule has 6 heteroatoms. The van der Waals surface area contributed by atoms with Gasteiger partial charge in [-0.25, -0.2) is 5.48 Å². The van der Waals surface area contributed by atoms with E-state index >= 15 is 0 Å². The van der Waals surface area contributed by atoms with E-state index in [4.69, 9.17) is 5.21 Å². The van der Waals surface area contributed by atoms with E-state index in [1.165, 1.54) is 17.3 Å². The molecule has 0 unspecified atom stereocenters. The molecule has 0 saturated heterocycles. The lowest BCUT2D eigenvalue weighted by Crippen LogP contribution is -2.52. The first-order valence-electron chi connectivity index (χ1n) is 8.14. The fraction of sp³-hybridized carbons (Fsp3) is 0.200. The van der Waals surface area contributed by atoms with Crippen molar-refractivity contribution in [1.82, 2.24) is 10.4 Å². The molecule has 1 heterocycles. The summed E-state index contributed by atoms with van der Waals surface area (Å²) in [6.45, 7) is 1.58. The van der Waals surface area contributed by atoms with Crippen molar-refractivity contribution < 1.29 is 19.9 Å². The van der Waals surface area contributed by atoms with E-state index in [9.17, 15) is 14.7 Å². The molecule has 0 bridgehead atoms. The number of fused-ring (bicyclic) bond motifs is 1. The molecule has 6 nitrogen and oxygen atoms in total. The molecule has 0 radical (unpaired) electrons. The average Bonchev–Trinajstić information content (AvgIpc) is 2.96. The Hall–Kier alpha value is -3.14. The van der Waals surface area contributed by atoms with Gasteiger partial charge in [-0.15, -0.1) is 0 Å². The van der Waals surface area contributed by atoms with Gasteiger partial charge >= 0.3 is 0 Å². The molecule has 0 aliphatic carbocycles. The molecule has 1 aliphatic rings. The van der Waals surface area contributed by atoms with Crippen LogP contribution >= 0.6 is 0 Å². The second kappa shape index (κ2) is 7.40. The van der Waals surface area contributed by atoms with Crippen molar-refractivity contribution >= 4 is 11.8 Å². The van der Waals surface area contributed by atoms with Gasteiger partial charge in [0.2, 0.25) is 0 Å². The maximum Gasteiger partial charge on any atom is 0.268 e. The Bertz CT molecular complexity index is 897. The predicted molar refractivity (Wildman–Crippen MR) is 94.1 cm³/mol. The van der Waals surface area contributed by atoms with Crippen LogP contribution < -0.4 is 5.48 Å². The number of rotatable bonds is 3. The van der Waals surface area contributed by atoms with Gasteiger partial charge in [0.1, 0.15) is 6.04 Å². The van der Waals surface area contributed by atoms with Gasteiger partial charge in [-0.3, -0.25) is 14.8 Å². The molecule has 0 fully saturated rings. The van der Waals surface area contributed by atoms with Crippen LogP contribution in [0.3, 0.4) is 0 Å². The maximum atomic E-state index is 12.7. The number of hydrogen-bond acceptors (Lipinski definition) is 4. The highest BCUT2D eigenvalue weighted by atomic mass is 16.5. The largest absolute Gasteiger partial charge is 0.391 e. The summed E-state index contributed by atoms with van der Waals surface area (Å²) in [5.74, 6) is 4.85. The van der Waals surface area contributed by atoms with Crippen molar-refractivity contribution in [1.29, 1.82) is 0 Å². The zero-order chi connectivity index (χ0) is 18.7. The van der Waals surface area contributed by atoms with Crippen LogP contribution in [0.2, 0.25) is 0 Å². The number of nitrogens with one attached hydrogen (secondary N) is 1. The zero-order valence-corrected chi connectivity index (χ0v) is 14.1. The molecule has 132 valence electrons. The molecule has 3 rings (SSSR count). The molecule has 26 heavy (non-hydrogen) atoms. The fourth-order valence-electron chi connectivity index (χ4n) is 2.98. The number of aliphatic hydroxyl groups excluding tert-OH is 1. The van der Waals surface area contributed by atoms with E-state index < -0.39 is 18.1 Å². The maximum absolute atomic E-state index is 12.7. The van der Waals surface area contributed by atoms with Gasteiger partial charge in [0, 0.05) is 23.2 Å². The Kier molecular flexibility index (Phi) is 5.03. The summed E-state index contributed by atoms with van der Waals surface area (Å²) in [6.07, 6.45) is -1.13. The summed E-state index contributed by atoms with van der Waals surface area (Å²) >= 11 is 0. The number of hydroxylamine groups is 1. The van der Waals surface area contributed by atoms with Crippen LogP contribution in [0, 0.1) is 11.8 Å². The number of aliphatic hydroxyl groups is 1. The van der Waals surface area contributed by atoms with Crippen molar-refractivity contribution in [3.05, 3.63) is 70.8 Å². The van der Waals surface area contributed by atoms with E-state index in [0.29, 0.717) is 11.1 Å². The van der Waals surface area contributed by atoms with Crippen LogP contribution in [0.25, 0.3) is 0 Å².